The molecule has 6 nitrogen and oxygen atoms in total. The highest BCUT2D eigenvalue weighted by Gasteiger charge is 2.20. The van der Waals surface area contributed by atoms with E-state index in [2.05, 4.69) is 97.1 Å². The van der Waals surface area contributed by atoms with Gasteiger partial charge in [-0.2, -0.15) is 0 Å². The standard InChI is InChI=1S/C48H30N6/c1-3-15-34(16-4-1)43-49-45(38-27-25-31-13-7-9-19-36(31)29-38)53-47(51-43)40-23-11-21-33-22-12-24-41(42(33)40)48-52-44(35-17-5-2-6-18-35)50-46(54-48)39-28-26-32-14-8-10-20-37(32)30-39/h1-30H. The summed E-state index contributed by atoms with van der Waals surface area (Å²) in [4.78, 5) is 30.7. The number of hydrogen-bond acceptors (Lipinski definition) is 6. The van der Waals surface area contributed by atoms with Gasteiger partial charge in [-0.3, -0.25) is 0 Å². The van der Waals surface area contributed by atoms with Gasteiger partial charge in [-0.05, 0) is 39.1 Å². The number of benzene rings is 8. The lowest BCUT2D eigenvalue weighted by molar-refractivity contribution is 1.07. The van der Waals surface area contributed by atoms with Crippen molar-refractivity contribution in [1.82, 2.24) is 29.9 Å². The zero-order valence-corrected chi connectivity index (χ0v) is 29.0. The minimum absolute atomic E-state index is 0.567. The van der Waals surface area contributed by atoms with Gasteiger partial charge in [-0.15, -0.1) is 0 Å². The van der Waals surface area contributed by atoms with Crippen LogP contribution in [0.4, 0.5) is 0 Å². The molecule has 0 atom stereocenters. The number of rotatable bonds is 6. The Kier molecular flexibility index (Phi) is 7.69. The lowest BCUT2D eigenvalue weighted by Gasteiger charge is -2.14. The van der Waals surface area contributed by atoms with Crippen LogP contribution >= 0.6 is 0 Å². The van der Waals surface area contributed by atoms with Gasteiger partial charge in [0.2, 0.25) is 0 Å². The molecule has 10 rings (SSSR count). The Balaban J connectivity index is 1.20. The van der Waals surface area contributed by atoms with Crippen LogP contribution in [0.25, 0.3) is 101 Å². The molecule has 0 aliphatic carbocycles. The van der Waals surface area contributed by atoms with E-state index in [1.54, 1.807) is 0 Å². The largest absolute Gasteiger partial charge is 0.208 e. The van der Waals surface area contributed by atoms with E-state index in [9.17, 15) is 0 Å². The lowest BCUT2D eigenvalue weighted by Crippen LogP contribution is -2.02. The Labute approximate surface area is 311 Å². The number of aromatic nitrogens is 6. The molecule has 0 bridgehead atoms. The number of nitrogens with zero attached hydrogens (tertiary/aromatic N) is 6. The molecule has 2 aromatic heterocycles. The third-order valence-corrected chi connectivity index (χ3v) is 9.74. The number of hydrogen-bond donors (Lipinski definition) is 0. The lowest BCUT2D eigenvalue weighted by atomic mass is 9.97. The fraction of sp³-hybridized carbons (Fsp3) is 0. The second-order valence-electron chi connectivity index (χ2n) is 13.2. The van der Waals surface area contributed by atoms with Crippen molar-refractivity contribution in [3.8, 4) is 68.3 Å². The summed E-state index contributed by atoms with van der Waals surface area (Å²) in [7, 11) is 0. The van der Waals surface area contributed by atoms with Crippen molar-refractivity contribution in [3.05, 3.63) is 182 Å². The summed E-state index contributed by atoms with van der Waals surface area (Å²) in [5, 5.41) is 6.53. The van der Waals surface area contributed by atoms with E-state index in [1.807, 2.05) is 84.9 Å². The predicted octanol–water partition coefficient (Wildman–Crippen LogP) is 11.5. The van der Waals surface area contributed by atoms with Crippen molar-refractivity contribution >= 4 is 32.3 Å². The maximum absolute atomic E-state index is 5.17. The fourth-order valence-electron chi connectivity index (χ4n) is 7.05. The molecule has 54 heavy (non-hydrogen) atoms. The van der Waals surface area contributed by atoms with Crippen LogP contribution < -0.4 is 0 Å². The molecule has 0 N–H and O–H groups in total. The maximum atomic E-state index is 5.17. The Hall–Kier alpha value is -7.44. The van der Waals surface area contributed by atoms with Crippen LogP contribution in [0.5, 0.6) is 0 Å². The Morgan fingerprint density at radius 3 is 1.02 bits per heavy atom. The Bertz CT molecular complexity index is 2800. The van der Waals surface area contributed by atoms with Gasteiger partial charge >= 0.3 is 0 Å². The normalized spacial score (nSPS) is 11.3. The first kappa shape index (κ1) is 31.3. The highest BCUT2D eigenvalue weighted by Crippen LogP contribution is 2.37. The summed E-state index contributed by atoms with van der Waals surface area (Å²) in [5.41, 5.74) is 5.37. The molecule has 0 saturated carbocycles. The van der Waals surface area contributed by atoms with Crippen LogP contribution in [0.15, 0.2) is 182 Å². The molecule has 0 unspecified atom stereocenters. The predicted molar refractivity (Wildman–Crippen MR) is 218 cm³/mol. The molecule has 2 heterocycles. The molecule has 0 spiro atoms. The van der Waals surface area contributed by atoms with E-state index in [0.717, 1.165) is 65.7 Å². The van der Waals surface area contributed by atoms with Crippen LogP contribution in [0, 0.1) is 0 Å². The molecule has 252 valence electrons. The van der Waals surface area contributed by atoms with Gasteiger partial charge in [0.25, 0.3) is 0 Å². The van der Waals surface area contributed by atoms with Gasteiger partial charge in [0.15, 0.2) is 34.9 Å². The van der Waals surface area contributed by atoms with E-state index in [1.165, 1.54) is 0 Å². The van der Waals surface area contributed by atoms with Crippen molar-refractivity contribution in [2.45, 2.75) is 0 Å². The summed E-state index contributed by atoms with van der Waals surface area (Å²) < 4.78 is 0. The second-order valence-corrected chi connectivity index (χ2v) is 13.2. The SMILES string of the molecule is c1ccc(-c2nc(-c3ccc4ccccc4c3)nc(-c3cccc4cccc(-c5nc(-c6ccccc6)nc(-c6ccc7ccccc7c6)n5)c34)n2)cc1. The monoisotopic (exact) mass is 690 g/mol. The third kappa shape index (κ3) is 5.82. The van der Waals surface area contributed by atoms with Gasteiger partial charge < -0.3 is 0 Å². The first-order chi connectivity index (χ1) is 26.7. The summed E-state index contributed by atoms with van der Waals surface area (Å²) in [6.07, 6.45) is 0. The molecule has 0 aliphatic heterocycles. The Morgan fingerprint density at radius 1 is 0.222 bits per heavy atom. The molecule has 6 heteroatoms. The van der Waals surface area contributed by atoms with Gasteiger partial charge in [-0.1, -0.05) is 170 Å². The van der Waals surface area contributed by atoms with E-state index in [4.69, 9.17) is 29.9 Å². The molecular formula is C48H30N6. The molecule has 0 radical (unpaired) electrons. The smallest absolute Gasteiger partial charge is 0.164 e. The van der Waals surface area contributed by atoms with Crippen molar-refractivity contribution < 1.29 is 0 Å². The van der Waals surface area contributed by atoms with Gasteiger partial charge in [0, 0.05) is 38.8 Å². The summed E-state index contributed by atoms with van der Waals surface area (Å²) >= 11 is 0. The van der Waals surface area contributed by atoms with Crippen molar-refractivity contribution in [2.75, 3.05) is 0 Å². The van der Waals surface area contributed by atoms with Crippen LogP contribution in [0.2, 0.25) is 0 Å². The third-order valence-electron chi connectivity index (χ3n) is 9.74. The van der Waals surface area contributed by atoms with E-state index < -0.39 is 0 Å². The maximum Gasteiger partial charge on any atom is 0.164 e. The van der Waals surface area contributed by atoms with E-state index in [0.29, 0.717) is 34.9 Å². The van der Waals surface area contributed by atoms with Crippen LogP contribution in [0.1, 0.15) is 0 Å². The molecule has 10 aromatic rings. The summed E-state index contributed by atoms with van der Waals surface area (Å²) in [6, 6.07) is 61.9. The first-order valence-corrected chi connectivity index (χ1v) is 17.9. The summed E-state index contributed by atoms with van der Waals surface area (Å²) in [6.45, 7) is 0. The zero-order valence-electron chi connectivity index (χ0n) is 29.0. The average molecular weight is 691 g/mol. The van der Waals surface area contributed by atoms with Crippen molar-refractivity contribution in [3.63, 3.8) is 0 Å². The molecule has 0 aliphatic rings. The Morgan fingerprint density at radius 2 is 0.574 bits per heavy atom. The van der Waals surface area contributed by atoms with Gasteiger partial charge in [-0.25, -0.2) is 29.9 Å². The van der Waals surface area contributed by atoms with Crippen LogP contribution in [-0.4, -0.2) is 29.9 Å². The molecule has 0 amide bonds. The minimum Gasteiger partial charge on any atom is -0.208 e. The highest BCUT2D eigenvalue weighted by atomic mass is 15.0. The van der Waals surface area contributed by atoms with Crippen LogP contribution in [0.3, 0.4) is 0 Å². The summed E-state index contributed by atoms with van der Waals surface area (Å²) in [5.74, 6) is 3.54. The average Bonchev–Trinajstić information content (AvgIpc) is 3.26. The fourth-order valence-corrected chi connectivity index (χ4v) is 7.05. The second kappa shape index (κ2) is 13.3. The number of fused-ring (bicyclic) bond motifs is 3. The minimum atomic E-state index is 0.567. The van der Waals surface area contributed by atoms with E-state index in [-0.39, 0.29) is 0 Å². The zero-order chi connectivity index (χ0) is 35.8. The molecule has 8 aromatic carbocycles. The quantitative estimate of drug-likeness (QED) is 0.173. The molecular weight excluding hydrogens is 661 g/mol. The van der Waals surface area contributed by atoms with Crippen LogP contribution in [-0.2, 0) is 0 Å². The van der Waals surface area contributed by atoms with Crippen molar-refractivity contribution in [2.24, 2.45) is 0 Å². The van der Waals surface area contributed by atoms with E-state index >= 15 is 0 Å². The van der Waals surface area contributed by atoms with Crippen molar-refractivity contribution in [1.29, 1.82) is 0 Å². The van der Waals surface area contributed by atoms with Gasteiger partial charge in [0.05, 0.1) is 0 Å². The highest BCUT2D eigenvalue weighted by molar-refractivity contribution is 6.05. The van der Waals surface area contributed by atoms with Gasteiger partial charge in [0.1, 0.15) is 0 Å². The molecule has 0 fully saturated rings. The molecule has 0 saturated heterocycles. The topological polar surface area (TPSA) is 77.3 Å². The first-order valence-electron chi connectivity index (χ1n) is 17.9.